The van der Waals surface area contributed by atoms with Gasteiger partial charge in [-0.15, -0.1) is 0 Å². The summed E-state index contributed by atoms with van der Waals surface area (Å²) in [5, 5.41) is 0. The Morgan fingerprint density at radius 2 is 1.88 bits per heavy atom. The zero-order chi connectivity index (χ0) is 17.1. The molecular weight excluding hydrogens is 321 g/mol. The van der Waals surface area contributed by atoms with Gasteiger partial charge in [0.2, 0.25) is 5.91 Å². The number of aromatic nitrogens is 2. The van der Waals surface area contributed by atoms with Crippen molar-refractivity contribution in [2.45, 2.75) is 19.0 Å². The third-order valence-corrected chi connectivity index (χ3v) is 5.13. The zero-order valence-corrected chi connectivity index (χ0v) is 12.7. The molecule has 1 unspecified atom stereocenters. The molecule has 0 bridgehead atoms. The maximum Gasteiger partial charge on any atom is 0.418 e. The summed E-state index contributed by atoms with van der Waals surface area (Å²) in [6.07, 6.45) is -0.0333. The summed E-state index contributed by atoms with van der Waals surface area (Å²) in [6.45, 7) is 1.02. The molecule has 4 rings (SSSR count). The predicted octanol–water partition coefficient (Wildman–Crippen LogP) is 2.35. The molecule has 2 aromatic rings. The van der Waals surface area contributed by atoms with Crippen molar-refractivity contribution in [1.29, 1.82) is 0 Å². The molecule has 2 N–H and O–H groups in total. The van der Waals surface area contributed by atoms with Gasteiger partial charge in [0.25, 0.3) is 0 Å². The van der Waals surface area contributed by atoms with E-state index in [-0.39, 0.29) is 28.3 Å². The van der Waals surface area contributed by atoms with E-state index < -0.39 is 11.7 Å². The Kier molecular flexibility index (Phi) is 3.04. The number of primary amides is 1. The number of hydrogen-bond acceptors (Lipinski definition) is 4. The van der Waals surface area contributed by atoms with Crippen LogP contribution in [0.1, 0.15) is 18.4 Å². The maximum absolute atomic E-state index is 13.2. The molecule has 1 spiro atoms. The van der Waals surface area contributed by atoms with Gasteiger partial charge in [-0.05, 0) is 25.0 Å². The highest BCUT2D eigenvalue weighted by atomic mass is 19.4. The average Bonchev–Trinajstić information content (AvgIpc) is 3.17. The molecule has 1 saturated heterocycles. The summed E-state index contributed by atoms with van der Waals surface area (Å²) in [7, 11) is 0. The Morgan fingerprint density at radius 3 is 2.42 bits per heavy atom. The van der Waals surface area contributed by atoms with Gasteiger partial charge < -0.3 is 10.6 Å². The second-order valence-corrected chi connectivity index (χ2v) is 6.58. The van der Waals surface area contributed by atoms with Crippen LogP contribution in [0.5, 0.6) is 0 Å². The van der Waals surface area contributed by atoms with E-state index in [2.05, 4.69) is 9.97 Å². The van der Waals surface area contributed by atoms with E-state index in [1.165, 1.54) is 18.5 Å². The molecule has 1 atom stereocenters. The molecule has 24 heavy (non-hydrogen) atoms. The summed E-state index contributed by atoms with van der Waals surface area (Å²) in [5.41, 5.74) is 5.18. The fourth-order valence-electron chi connectivity index (χ4n) is 3.74. The number of nitrogens with two attached hydrogens (primary N) is 1. The number of alkyl halides is 3. The number of nitrogens with zero attached hydrogens (tertiary/aromatic N) is 3. The van der Waals surface area contributed by atoms with Gasteiger partial charge in [-0.1, -0.05) is 0 Å². The Morgan fingerprint density at radius 1 is 1.21 bits per heavy atom. The Labute approximate surface area is 135 Å². The minimum atomic E-state index is -4.49. The SMILES string of the molecule is NC(=O)C1CN(c2ccc(C(F)(F)F)c3nccnc23)CC12CC2. The molecule has 1 aromatic carbocycles. The van der Waals surface area contributed by atoms with Gasteiger partial charge in [-0.3, -0.25) is 14.8 Å². The number of benzene rings is 1. The molecule has 1 aliphatic carbocycles. The number of rotatable bonds is 2. The van der Waals surface area contributed by atoms with E-state index in [9.17, 15) is 18.0 Å². The van der Waals surface area contributed by atoms with Gasteiger partial charge in [0, 0.05) is 30.9 Å². The number of carbonyl (C=O) groups excluding carboxylic acids is 1. The van der Waals surface area contributed by atoms with Crippen molar-refractivity contribution < 1.29 is 18.0 Å². The second-order valence-electron chi connectivity index (χ2n) is 6.58. The molecule has 126 valence electrons. The van der Waals surface area contributed by atoms with Crippen LogP contribution in [0, 0.1) is 11.3 Å². The normalized spacial score (nSPS) is 22.3. The van der Waals surface area contributed by atoms with E-state index >= 15 is 0 Å². The van der Waals surface area contributed by atoms with E-state index in [1.807, 2.05) is 4.90 Å². The fraction of sp³-hybridized carbons (Fsp3) is 0.438. The molecule has 8 heteroatoms. The van der Waals surface area contributed by atoms with Gasteiger partial charge >= 0.3 is 6.18 Å². The molecule has 1 aliphatic heterocycles. The van der Waals surface area contributed by atoms with Crippen LogP contribution in [0.15, 0.2) is 24.5 Å². The first kappa shape index (κ1) is 15.2. The Hall–Kier alpha value is -2.38. The van der Waals surface area contributed by atoms with Crippen molar-refractivity contribution in [2.24, 2.45) is 17.1 Å². The molecular formula is C16H15F3N4O. The first-order valence-corrected chi connectivity index (χ1v) is 7.67. The minimum Gasteiger partial charge on any atom is -0.369 e. The summed E-state index contributed by atoms with van der Waals surface area (Å²) >= 11 is 0. The van der Waals surface area contributed by atoms with E-state index in [0.717, 1.165) is 18.9 Å². The van der Waals surface area contributed by atoms with Crippen LogP contribution in [0.3, 0.4) is 0 Å². The Bertz CT molecular complexity index is 832. The van der Waals surface area contributed by atoms with Crippen molar-refractivity contribution >= 4 is 22.6 Å². The van der Waals surface area contributed by atoms with E-state index in [1.54, 1.807) is 0 Å². The fourth-order valence-corrected chi connectivity index (χ4v) is 3.74. The lowest BCUT2D eigenvalue weighted by atomic mass is 9.92. The quantitative estimate of drug-likeness (QED) is 0.914. The molecule has 2 fully saturated rings. The molecule has 1 saturated carbocycles. The standard InChI is InChI=1S/C16H15F3N4O/c17-16(18,19)9-1-2-11(13-12(9)21-5-6-22-13)23-7-10(14(20)24)15(8-23)3-4-15/h1-2,5-6,10H,3-4,7-8H2,(H2,20,24). The van der Waals surface area contributed by atoms with Gasteiger partial charge in [-0.2, -0.15) is 13.2 Å². The highest BCUT2D eigenvalue weighted by Gasteiger charge is 2.57. The molecule has 2 aliphatic rings. The number of anilines is 1. The van der Waals surface area contributed by atoms with Crippen LogP contribution in [-0.2, 0) is 11.0 Å². The van der Waals surface area contributed by atoms with Crippen LogP contribution in [0.2, 0.25) is 0 Å². The van der Waals surface area contributed by atoms with Gasteiger partial charge in [0.1, 0.15) is 11.0 Å². The van der Waals surface area contributed by atoms with Gasteiger partial charge in [0.05, 0.1) is 17.2 Å². The minimum absolute atomic E-state index is 0.122. The van der Waals surface area contributed by atoms with E-state index in [4.69, 9.17) is 5.73 Å². The molecule has 2 heterocycles. The molecule has 1 aromatic heterocycles. The smallest absolute Gasteiger partial charge is 0.369 e. The topological polar surface area (TPSA) is 72.1 Å². The van der Waals surface area contributed by atoms with Gasteiger partial charge in [-0.25, -0.2) is 0 Å². The molecule has 1 amide bonds. The zero-order valence-electron chi connectivity index (χ0n) is 12.7. The lowest BCUT2D eigenvalue weighted by Gasteiger charge is -2.21. The largest absolute Gasteiger partial charge is 0.418 e. The number of halogens is 3. The van der Waals surface area contributed by atoms with Gasteiger partial charge in [0.15, 0.2) is 0 Å². The first-order valence-electron chi connectivity index (χ1n) is 7.67. The van der Waals surface area contributed by atoms with Crippen molar-refractivity contribution in [3.63, 3.8) is 0 Å². The predicted molar refractivity (Wildman–Crippen MR) is 81.1 cm³/mol. The highest BCUT2D eigenvalue weighted by Crippen LogP contribution is 2.57. The number of hydrogen-bond donors (Lipinski definition) is 1. The number of carbonyl (C=O) groups is 1. The van der Waals surface area contributed by atoms with Crippen LogP contribution < -0.4 is 10.6 Å². The van der Waals surface area contributed by atoms with Crippen LogP contribution >= 0.6 is 0 Å². The van der Waals surface area contributed by atoms with Crippen LogP contribution in [-0.4, -0.2) is 29.0 Å². The average molecular weight is 336 g/mol. The molecule has 0 radical (unpaired) electrons. The van der Waals surface area contributed by atoms with Crippen molar-refractivity contribution in [3.05, 3.63) is 30.1 Å². The highest BCUT2D eigenvalue weighted by molar-refractivity contribution is 5.91. The first-order chi connectivity index (χ1) is 11.3. The lowest BCUT2D eigenvalue weighted by molar-refractivity contribution is -0.136. The summed E-state index contributed by atoms with van der Waals surface area (Å²) in [4.78, 5) is 21.6. The lowest BCUT2D eigenvalue weighted by Crippen LogP contribution is -2.30. The van der Waals surface area contributed by atoms with Crippen molar-refractivity contribution in [3.8, 4) is 0 Å². The third-order valence-electron chi connectivity index (χ3n) is 5.13. The maximum atomic E-state index is 13.2. The van der Waals surface area contributed by atoms with Crippen LogP contribution in [0.4, 0.5) is 18.9 Å². The van der Waals surface area contributed by atoms with Crippen molar-refractivity contribution in [1.82, 2.24) is 9.97 Å². The summed E-state index contributed by atoms with van der Waals surface area (Å²) < 4.78 is 39.6. The number of fused-ring (bicyclic) bond motifs is 1. The van der Waals surface area contributed by atoms with Crippen molar-refractivity contribution in [2.75, 3.05) is 18.0 Å². The summed E-state index contributed by atoms with van der Waals surface area (Å²) in [6, 6.07) is 2.45. The summed E-state index contributed by atoms with van der Waals surface area (Å²) in [5.74, 6) is -0.621. The van der Waals surface area contributed by atoms with Crippen LogP contribution in [0.25, 0.3) is 11.0 Å². The molecule has 5 nitrogen and oxygen atoms in total. The third kappa shape index (κ3) is 2.20. The Balaban J connectivity index is 1.80. The number of amides is 1. The second kappa shape index (κ2) is 4.81. The van der Waals surface area contributed by atoms with E-state index in [0.29, 0.717) is 18.8 Å². The monoisotopic (exact) mass is 336 g/mol.